The van der Waals surface area contributed by atoms with Gasteiger partial charge in [0.25, 0.3) is 0 Å². The first-order valence-electron chi connectivity index (χ1n) is 11.3. The molecule has 3 aromatic rings. The van der Waals surface area contributed by atoms with Crippen molar-refractivity contribution < 1.29 is 27.9 Å². The Morgan fingerprint density at radius 3 is 2.36 bits per heavy atom. The average Bonchev–Trinajstić information content (AvgIpc) is 2.87. The number of ketones is 1. The van der Waals surface area contributed by atoms with Gasteiger partial charge in [0.2, 0.25) is 5.72 Å². The number of Topliss-reactive ketones (excluding diaryl/α,β-unsaturated/α-hetero) is 1. The fourth-order valence-corrected chi connectivity index (χ4v) is 4.39. The van der Waals surface area contributed by atoms with Crippen LogP contribution in [0.2, 0.25) is 0 Å². The van der Waals surface area contributed by atoms with Crippen molar-refractivity contribution in [1.82, 2.24) is 15.6 Å². The number of amides is 2. The Morgan fingerprint density at radius 2 is 1.78 bits per heavy atom. The van der Waals surface area contributed by atoms with Gasteiger partial charge in [-0.3, -0.25) is 9.78 Å². The molecule has 1 fully saturated rings. The molecule has 1 saturated heterocycles. The Morgan fingerprint density at radius 1 is 1.08 bits per heavy atom. The molecule has 1 aliphatic rings. The van der Waals surface area contributed by atoms with E-state index in [9.17, 15) is 27.9 Å². The third-order valence-corrected chi connectivity index (χ3v) is 6.25. The van der Waals surface area contributed by atoms with E-state index in [0.29, 0.717) is 13.1 Å². The van der Waals surface area contributed by atoms with Crippen LogP contribution in [0.25, 0.3) is 0 Å². The molecule has 3 atom stereocenters. The maximum absolute atomic E-state index is 14.1. The number of halogens is 3. The van der Waals surface area contributed by atoms with Gasteiger partial charge in [0.05, 0.1) is 6.04 Å². The van der Waals surface area contributed by atoms with E-state index in [1.807, 2.05) is 37.3 Å². The Bertz CT molecular complexity index is 1210. The minimum absolute atomic E-state index is 0.121. The number of nitrogens with zero attached hydrogens (tertiary/aromatic N) is 2. The van der Waals surface area contributed by atoms with Gasteiger partial charge in [-0.15, -0.1) is 0 Å². The highest BCUT2D eigenvalue weighted by atomic mass is 19.4. The number of urea groups is 1. The number of alkyl halides is 3. The van der Waals surface area contributed by atoms with Crippen molar-refractivity contribution >= 4 is 17.5 Å². The number of hydrogen-bond donors (Lipinski definition) is 3. The van der Waals surface area contributed by atoms with Crippen LogP contribution in [0, 0.1) is 5.92 Å². The van der Waals surface area contributed by atoms with Crippen molar-refractivity contribution in [2.75, 3.05) is 11.4 Å². The van der Waals surface area contributed by atoms with Crippen LogP contribution in [0.1, 0.15) is 34.5 Å². The van der Waals surface area contributed by atoms with Crippen LogP contribution in [-0.4, -0.2) is 40.4 Å². The quantitative estimate of drug-likeness (QED) is 0.425. The number of carbonyl (C=O) groups excluding carboxylic acids is 2. The molecule has 0 bridgehead atoms. The molecule has 2 amide bonds. The van der Waals surface area contributed by atoms with E-state index < -0.39 is 35.7 Å². The van der Waals surface area contributed by atoms with Crippen molar-refractivity contribution in [3.8, 4) is 0 Å². The summed E-state index contributed by atoms with van der Waals surface area (Å²) in [7, 11) is 0. The summed E-state index contributed by atoms with van der Waals surface area (Å²) in [6, 6.07) is 16.4. The minimum Gasteiger partial charge on any atom is -0.367 e. The summed E-state index contributed by atoms with van der Waals surface area (Å²) in [5.74, 6) is -3.11. The first-order valence-corrected chi connectivity index (χ1v) is 11.3. The lowest BCUT2D eigenvalue weighted by Crippen LogP contribution is -2.72. The number of rotatable bonds is 7. The van der Waals surface area contributed by atoms with Gasteiger partial charge in [-0.1, -0.05) is 42.5 Å². The molecule has 0 spiro atoms. The molecule has 7 nitrogen and oxygen atoms in total. The van der Waals surface area contributed by atoms with E-state index in [2.05, 4.69) is 15.2 Å². The smallest absolute Gasteiger partial charge is 0.367 e. The molecule has 0 radical (unpaired) electrons. The predicted octanol–water partition coefficient (Wildman–Crippen LogP) is 4.21. The van der Waals surface area contributed by atoms with Crippen molar-refractivity contribution in [2.24, 2.45) is 5.92 Å². The van der Waals surface area contributed by atoms with Gasteiger partial charge in [0, 0.05) is 36.7 Å². The molecule has 4 rings (SSSR count). The largest absolute Gasteiger partial charge is 0.437 e. The van der Waals surface area contributed by atoms with E-state index >= 15 is 0 Å². The SMILES string of the molecule is CCN(Cc1ccccc1)c1ccc([C@H]2NC(=O)N[C@@](O)(C(F)(F)F)[C@@H]2C(=O)c2cccnc2)cc1. The Balaban J connectivity index is 1.70. The highest BCUT2D eigenvalue weighted by Crippen LogP contribution is 2.44. The van der Waals surface area contributed by atoms with E-state index in [1.54, 1.807) is 24.3 Å². The van der Waals surface area contributed by atoms with Crippen molar-refractivity contribution in [3.05, 3.63) is 95.8 Å². The molecule has 36 heavy (non-hydrogen) atoms. The van der Waals surface area contributed by atoms with Crippen molar-refractivity contribution in [2.45, 2.75) is 31.4 Å². The zero-order chi connectivity index (χ0) is 25.9. The zero-order valence-electron chi connectivity index (χ0n) is 19.4. The lowest BCUT2D eigenvalue weighted by atomic mass is 9.77. The van der Waals surface area contributed by atoms with Gasteiger partial charge in [0.15, 0.2) is 5.78 Å². The third-order valence-electron chi connectivity index (χ3n) is 6.25. The third kappa shape index (κ3) is 4.90. The molecule has 0 aliphatic carbocycles. The van der Waals surface area contributed by atoms with E-state index in [0.717, 1.165) is 17.4 Å². The Labute approximate surface area is 206 Å². The minimum atomic E-state index is -5.32. The molecular weight excluding hydrogens is 473 g/mol. The second-order valence-electron chi connectivity index (χ2n) is 8.52. The van der Waals surface area contributed by atoms with Gasteiger partial charge in [-0.05, 0) is 42.3 Å². The second kappa shape index (κ2) is 9.98. The number of hydrogen-bond acceptors (Lipinski definition) is 5. The fourth-order valence-electron chi connectivity index (χ4n) is 4.39. The first kappa shape index (κ1) is 25.2. The molecule has 10 heteroatoms. The lowest BCUT2D eigenvalue weighted by molar-refractivity contribution is -0.287. The molecule has 0 unspecified atom stereocenters. The maximum atomic E-state index is 14.1. The average molecular weight is 499 g/mol. The lowest BCUT2D eigenvalue weighted by Gasteiger charge is -2.45. The molecule has 2 aromatic carbocycles. The monoisotopic (exact) mass is 498 g/mol. The highest BCUT2D eigenvalue weighted by Gasteiger charge is 2.66. The van der Waals surface area contributed by atoms with Gasteiger partial charge in [-0.2, -0.15) is 13.2 Å². The van der Waals surface area contributed by atoms with Crippen LogP contribution in [0.5, 0.6) is 0 Å². The molecule has 0 saturated carbocycles. The normalized spacial score (nSPS) is 21.9. The van der Waals surface area contributed by atoms with E-state index in [1.165, 1.54) is 23.6 Å². The molecule has 1 aromatic heterocycles. The number of benzene rings is 2. The topological polar surface area (TPSA) is 94.6 Å². The van der Waals surface area contributed by atoms with Gasteiger partial charge in [0.1, 0.15) is 5.92 Å². The van der Waals surface area contributed by atoms with Crippen LogP contribution in [0.3, 0.4) is 0 Å². The maximum Gasteiger partial charge on any atom is 0.437 e. The summed E-state index contributed by atoms with van der Waals surface area (Å²) in [5.41, 5.74) is -1.76. The number of pyridine rings is 1. The summed E-state index contributed by atoms with van der Waals surface area (Å²) < 4.78 is 42.2. The number of carbonyl (C=O) groups is 2. The predicted molar refractivity (Wildman–Crippen MR) is 127 cm³/mol. The number of aliphatic hydroxyl groups is 1. The molecule has 3 N–H and O–H groups in total. The Kier molecular flexibility index (Phi) is 6.98. The van der Waals surface area contributed by atoms with Crippen LogP contribution >= 0.6 is 0 Å². The van der Waals surface area contributed by atoms with Crippen LogP contribution < -0.4 is 15.5 Å². The van der Waals surface area contributed by atoms with Crippen LogP contribution in [0.4, 0.5) is 23.7 Å². The van der Waals surface area contributed by atoms with E-state index in [4.69, 9.17) is 0 Å². The van der Waals surface area contributed by atoms with Gasteiger partial charge in [-0.25, -0.2) is 4.79 Å². The van der Waals surface area contributed by atoms with Crippen molar-refractivity contribution in [1.29, 1.82) is 0 Å². The van der Waals surface area contributed by atoms with Gasteiger partial charge < -0.3 is 20.6 Å². The molecule has 188 valence electrons. The summed E-state index contributed by atoms with van der Waals surface area (Å²) in [6.45, 7) is 3.28. The van der Waals surface area contributed by atoms with E-state index in [-0.39, 0.29) is 11.1 Å². The molecular formula is C26H25F3N4O3. The molecule has 1 aliphatic heterocycles. The van der Waals surface area contributed by atoms with Crippen LogP contribution in [-0.2, 0) is 6.54 Å². The number of nitrogens with one attached hydrogen (secondary N) is 2. The summed E-state index contributed by atoms with van der Waals surface area (Å²) in [5, 5.41) is 14.6. The standard InChI is InChI=1S/C26H25F3N4O3/c1-2-33(16-17-7-4-3-5-8-17)20-12-10-18(11-13-20)22-21(23(34)19-9-6-14-30-15-19)25(36,26(27,28)29)32-24(35)31-22/h3-15,21-22,36H,2,16H2,1H3,(H2,31,32,35)/t21-,22+,25-/m0/s1. The number of aromatic nitrogens is 1. The second-order valence-corrected chi connectivity index (χ2v) is 8.52. The highest BCUT2D eigenvalue weighted by molar-refractivity contribution is 6.00. The summed E-state index contributed by atoms with van der Waals surface area (Å²) in [4.78, 5) is 31.4. The summed E-state index contributed by atoms with van der Waals surface area (Å²) in [6.07, 6.45) is -2.82. The molecule has 2 heterocycles. The first-order chi connectivity index (χ1) is 17.1. The zero-order valence-corrected chi connectivity index (χ0v) is 19.4. The van der Waals surface area contributed by atoms with Gasteiger partial charge >= 0.3 is 12.2 Å². The summed E-state index contributed by atoms with van der Waals surface area (Å²) >= 11 is 0. The van der Waals surface area contributed by atoms with Crippen LogP contribution in [0.15, 0.2) is 79.1 Å². The van der Waals surface area contributed by atoms with Crippen molar-refractivity contribution in [3.63, 3.8) is 0 Å². The number of anilines is 1. The Hall–Kier alpha value is -3.92. The fraction of sp³-hybridized carbons (Fsp3) is 0.269.